The molecule has 0 fully saturated rings. The van der Waals surface area contributed by atoms with Gasteiger partial charge in [0.15, 0.2) is 0 Å². The molecular formula is C11H23N3O. The summed E-state index contributed by atoms with van der Waals surface area (Å²) < 4.78 is 0. The number of rotatable bonds is 5. The fourth-order valence-electron chi connectivity index (χ4n) is 0.912. The third-order valence-electron chi connectivity index (χ3n) is 2.13. The van der Waals surface area contributed by atoms with Crippen LogP contribution in [0.3, 0.4) is 0 Å². The van der Waals surface area contributed by atoms with Crippen molar-refractivity contribution < 1.29 is 4.79 Å². The molecule has 0 radical (unpaired) electrons. The van der Waals surface area contributed by atoms with Crippen LogP contribution >= 0.6 is 0 Å². The number of nitrogens with two attached hydrogens (primary N) is 1. The highest BCUT2D eigenvalue weighted by atomic mass is 16.2. The molecule has 0 aliphatic carbocycles. The fourth-order valence-corrected chi connectivity index (χ4v) is 0.912. The maximum Gasteiger partial charge on any atom is 0.228 e. The lowest BCUT2D eigenvalue weighted by molar-refractivity contribution is -0.130. The monoisotopic (exact) mass is 213 g/mol. The molecule has 1 amide bonds. The van der Waals surface area contributed by atoms with Gasteiger partial charge in [0.1, 0.15) is 0 Å². The van der Waals surface area contributed by atoms with Crippen molar-refractivity contribution in [3.8, 4) is 0 Å². The fraction of sp³-hybridized carbons (Fsp3) is 0.727. The molecule has 4 heteroatoms. The molecule has 0 saturated heterocycles. The molecule has 0 aliphatic rings. The van der Waals surface area contributed by atoms with Gasteiger partial charge in [-0.1, -0.05) is 0 Å². The highest BCUT2D eigenvalue weighted by Gasteiger charge is 2.12. The first kappa shape index (κ1) is 13.8. The third-order valence-corrected chi connectivity index (χ3v) is 2.13. The first-order valence-corrected chi connectivity index (χ1v) is 5.30. The van der Waals surface area contributed by atoms with Gasteiger partial charge in [-0.2, -0.15) is 0 Å². The molecule has 88 valence electrons. The summed E-state index contributed by atoms with van der Waals surface area (Å²) in [5, 5.41) is 3.06. The Kier molecular flexibility index (Phi) is 5.82. The average Bonchev–Trinajstić information content (AvgIpc) is 2.13. The molecule has 0 spiro atoms. The quantitative estimate of drug-likeness (QED) is 0.717. The average molecular weight is 213 g/mol. The predicted molar refractivity (Wildman–Crippen MR) is 63.1 cm³/mol. The molecule has 4 nitrogen and oxygen atoms in total. The maximum absolute atomic E-state index is 11.6. The Balaban J connectivity index is 4.12. The molecular weight excluding hydrogens is 190 g/mol. The Morgan fingerprint density at radius 3 is 2.33 bits per heavy atom. The molecule has 0 atom stereocenters. The van der Waals surface area contributed by atoms with E-state index in [0.717, 1.165) is 0 Å². The SMILES string of the molecule is CC(C)N/C=C(\N)CC(=O)N(C)C(C)C. The van der Waals surface area contributed by atoms with Gasteiger partial charge >= 0.3 is 0 Å². The minimum absolute atomic E-state index is 0.0457. The molecule has 3 N–H and O–H groups in total. The minimum atomic E-state index is 0.0457. The predicted octanol–water partition coefficient (Wildman–Crippen LogP) is 1.04. The number of nitrogens with zero attached hydrogens (tertiary/aromatic N) is 1. The summed E-state index contributed by atoms with van der Waals surface area (Å²) in [6.07, 6.45) is 1.98. The third kappa shape index (κ3) is 5.99. The van der Waals surface area contributed by atoms with E-state index in [9.17, 15) is 4.79 Å². The Morgan fingerprint density at radius 2 is 1.93 bits per heavy atom. The van der Waals surface area contributed by atoms with Crippen molar-refractivity contribution in [1.82, 2.24) is 10.2 Å². The zero-order chi connectivity index (χ0) is 12.0. The second kappa shape index (κ2) is 6.32. The van der Waals surface area contributed by atoms with Crippen LogP contribution in [0.25, 0.3) is 0 Å². The molecule has 0 bridgehead atoms. The summed E-state index contributed by atoms with van der Waals surface area (Å²) in [6.45, 7) is 7.99. The van der Waals surface area contributed by atoms with E-state index in [2.05, 4.69) is 5.32 Å². The van der Waals surface area contributed by atoms with Crippen LogP contribution in [-0.4, -0.2) is 29.9 Å². The van der Waals surface area contributed by atoms with E-state index in [1.54, 1.807) is 18.1 Å². The van der Waals surface area contributed by atoms with Crippen LogP contribution < -0.4 is 11.1 Å². The van der Waals surface area contributed by atoms with Crippen molar-refractivity contribution >= 4 is 5.91 Å². The lowest BCUT2D eigenvalue weighted by atomic mass is 10.2. The van der Waals surface area contributed by atoms with Crippen LogP contribution in [-0.2, 0) is 4.79 Å². The molecule has 0 rings (SSSR count). The smallest absolute Gasteiger partial charge is 0.228 e. The summed E-state index contributed by atoms with van der Waals surface area (Å²) in [7, 11) is 1.79. The summed E-state index contributed by atoms with van der Waals surface area (Å²) in [4.78, 5) is 13.3. The molecule has 0 unspecified atom stereocenters. The van der Waals surface area contributed by atoms with Crippen molar-refractivity contribution in [2.24, 2.45) is 5.73 Å². The van der Waals surface area contributed by atoms with Crippen molar-refractivity contribution in [3.05, 3.63) is 11.9 Å². The molecule has 0 aromatic rings. The van der Waals surface area contributed by atoms with E-state index >= 15 is 0 Å². The number of nitrogens with one attached hydrogen (secondary N) is 1. The number of hydrogen-bond acceptors (Lipinski definition) is 3. The Labute approximate surface area is 92.5 Å². The van der Waals surface area contributed by atoms with Crippen LogP contribution in [0, 0.1) is 0 Å². The summed E-state index contributed by atoms with van der Waals surface area (Å²) >= 11 is 0. The molecule has 0 aromatic heterocycles. The van der Waals surface area contributed by atoms with Crippen LogP contribution in [0.1, 0.15) is 34.1 Å². The van der Waals surface area contributed by atoms with Crippen LogP contribution in [0.2, 0.25) is 0 Å². The van der Waals surface area contributed by atoms with Gasteiger partial charge in [0.05, 0.1) is 6.42 Å². The van der Waals surface area contributed by atoms with E-state index in [-0.39, 0.29) is 18.4 Å². The largest absolute Gasteiger partial charge is 0.400 e. The van der Waals surface area contributed by atoms with Crippen molar-refractivity contribution in [3.63, 3.8) is 0 Å². The van der Waals surface area contributed by atoms with Crippen LogP contribution in [0.5, 0.6) is 0 Å². The summed E-state index contributed by atoms with van der Waals surface area (Å²) in [5.74, 6) is 0.0457. The van der Waals surface area contributed by atoms with Gasteiger partial charge < -0.3 is 16.0 Å². The molecule has 0 aromatic carbocycles. The number of carbonyl (C=O) groups excluding carboxylic acids is 1. The minimum Gasteiger partial charge on any atom is -0.400 e. The number of amides is 1. The maximum atomic E-state index is 11.6. The normalized spacial score (nSPS) is 12.1. The lowest BCUT2D eigenvalue weighted by Crippen LogP contribution is -2.34. The van der Waals surface area contributed by atoms with Crippen molar-refractivity contribution in [2.75, 3.05) is 7.05 Å². The van der Waals surface area contributed by atoms with Gasteiger partial charge in [-0.25, -0.2) is 0 Å². The van der Waals surface area contributed by atoms with E-state index < -0.39 is 0 Å². The first-order chi connectivity index (χ1) is 6.84. The Hall–Kier alpha value is -1.19. The Bertz CT molecular complexity index is 234. The van der Waals surface area contributed by atoms with Gasteiger partial charge in [-0.15, -0.1) is 0 Å². The van der Waals surface area contributed by atoms with Crippen molar-refractivity contribution in [2.45, 2.75) is 46.2 Å². The number of hydrogen-bond donors (Lipinski definition) is 2. The van der Waals surface area contributed by atoms with E-state index in [1.165, 1.54) is 0 Å². The van der Waals surface area contributed by atoms with Crippen LogP contribution in [0.15, 0.2) is 11.9 Å². The van der Waals surface area contributed by atoms with E-state index in [1.807, 2.05) is 27.7 Å². The van der Waals surface area contributed by atoms with E-state index in [0.29, 0.717) is 11.7 Å². The standard InChI is InChI=1S/C11H23N3O/c1-8(2)13-7-10(12)6-11(15)14(5)9(3)4/h7-9,13H,6,12H2,1-5H3/b10-7-. The van der Waals surface area contributed by atoms with Gasteiger partial charge in [-0.3, -0.25) is 4.79 Å². The molecule has 0 heterocycles. The molecule has 0 saturated carbocycles. The summed E-state index contributed by atoms with van der Waals surface area (Å²) in [5.41, 5.74) is 6.28. The zero-order valence-corrected chi connectivity index (χ0v) is 10.4. The van der Waals surface area contributed by atoms with Gasteiger partial charge in [0.2, 0.25) is 5.91 Å². The molecule has 15 heavy (non-hydrogen) atoms. The number of carbonyl (C=O) groups is 1. The van der Waals surface area contributed by atoms with Crippen molar-refractivity contribution in [1.29, 1.82) is 0 Å². The first-order valence-electron chi connectivity index (χ1n) is 5.30. The zero-order valence-electron chi connectivity index (χ0n) is 10.4. The second-order valence-corrected chi connectivity index (χ2v) is 4.32. The Morgan fingerprint density at radius 1 is 1.40 bits per heavy atom. The highest BCUT2D eigenvalue weighted by Crippen LogP contribution is 2.01. The topological polar surface area (TPSA) is 58.4 Å². The van der Waals surface area contributed by atoms with Gasteiger partial charge in [0, 0.05) is 31.0 Å². The highest BCUT2D eigenvalue weighted by molar-refractivity contribution is 5.78. The second-order valence-electron chi connectivity index (χ2n) is 4.32. The van der Waals surface area contributed by atoms with Gasteiger partial charge in [0.25, 0.3) is 0 Å². The summed E-state index contributed by atoms with van der Waals surface area (Å²) in [6, 6.07) is 0.546. The van der Waals surface area contributed by atoms with Crippen LogP contribution in [0.4, 0.5) is 0 Å². The molecule has 0 aliphatic heterocycles. The van der Waals surface area contributed by atoms with Gasteiger partial charge in [-0.05, 0) is 27.7 Å². The lowest BCUT2D eigenvalue weighted by Gasteiger charge is -2.21. The van der Waals surface area contributed by atoms with E-state index in [4.69, 9.17) is 5.73 Å².